The van der Waals surface area contributed by atoms with Gasteiger partial charge in [0.2, 0.25) is 0 Å². The van der Waals surface area contributed by atoms with Crippen LogP contribution in [0.4, 0.5) is 5.69 Å². The van der Waals surface area contributed by atoms with Crippen molar-refractivity contribution >= 4 is 23.1 Å². The van der Waals surface area contributed by atoms with Crippen LogP contribution in [-0.2, 0) is 9.59 Å². The van der Waals surface area contributed by atoms with Gasteiger partial charge in [-0.25, -0.2) is 0 Å². The van der Waals surface area contributed by atoms with Crippen LogP contribution in [0.15, 0.2) is 78.4 Å². The van der Waals surface area contributed by atoms with Gasteiger partial charge in [-0.3, -0.25) is 14.5 Å². The van der Waals surface area contributed by atoms with Crippen molar-refractivity contribution in [2.75, 3.05) is 4.90 Å². The predicted octanol–water partition coefficient (Wildman–Crippen LogP) is 5.72. The molecule has 3 aromatic rings. The molecule has 0 spiro atoms. The summed E-state index contributed by atoms with van der Waals surface area (Å²) in [4.78, 5) is 27.9. The lowest BCUT2D eigenvalue weighted by atomic mass is 9.94. The molecule has 1 N–H and O–H groups in total. The quantitative estimate of drug-likeness (QED) is 0.313. The predicted molar refractivity (Wildman–Crippen MR) is 129 cm³/mol. The normalized spacial score (nSPS) is 17.6. The Morgan fingerprint density at radius 3 is 2.30 bits per heavy atom. The summed E-state index contributed by atoms with van der Waals surface area (Å²) in [7, 11) is 0. The van der Waals surface area contributed by atoms with Crippen LogP contribution in [0.25, 0.3) is 5.76 Å². The summed E-state index contributed by atoms with van der Waals surface area (Å²) in [6, 6.07) is 21.3. The Balaban J connectivity index is 1.88. The Morgan fingerprint density at radius 2 is 1.67 bits per heavy atom. The van der Waals surface area contributed by atoms with Crippen molar-refractivity contribution in [3.05, 3.63) is 101 Å². The number of anilines is 1. The van der Waals surface area contributed by atoms with E-state index in [1.54, 1.807) is 24.3 Å². The number of nitrogens with zero attached hydrogens (tertiary/aromatic N) is 1. The summed E-state index contributed by atoms with van der Waals surface area (Å²) in [5, 5.41) is 11.3. The Bertz CT molecular complexity index is 1240. The number of carbonyl (C=O) groups excluding carboxylic acids is 2. The molecule has 1 aliphatic rings. The van der Waals surface area contributed by atoms with Crippen molar-refractivity contribution < 1.29 is 19.4 Å². The van der Waals surface area contributed by atoms with E-state index in [0.29, 0.717) is 17.0 Å². The lowest BCUT2D eigenvalue weighted by Gasteiger charge is -2.25. The van der Waals surface area contributed by atoms with Gasteiger partial charge in [0, 0.05) is 11.3 Å². The average Bonchev–Trinajstić information content (AvgIpc) is 3.05. The van der Waals surface area contributed by atoms with E-state index in [9.17, 15) is 14.7 Å². The van der Waals surface area contributed by atoms with Crippen LogP contribution in [0.5, 0.6) is 5.75 Å². The van der Waals surface area contributed by atoms with Crippen molar-refractivity contribution in [3.8, 4) is 5.75 Å². The zero-order valence-electron chi connectivity index (χ0n) is 19.2. The van der Waals surface area contributed by atoms with Gasteiger partial charge in [0.05, 0.1) is 17.7 Å². The van der Waals surface area contributed by atoms with Crippen LogP contribution in [0.1, 0.15) is 42.1 Å². The number of aliphatic hydroxyl groups is 1. The lowest BCUT2D eigenvalue weighted by molar-refractivity contribution is -0.132. The molecule has 0 bridgehead atoms. The molecule has 4 rings (SSSR count). The second-order valence-electron chi connectivity index (χ2n) is 8.57. The number of hydrogen-bond acceptors (Lipinski definition) is 4. The summed E-state index contributed by atoms with van der Waals surface area (Å²) in [6.45, 7) is 7.70. The number of Topliss-reactive ketones (excluding diaryl/α,β-unsaturated/α-hetero) is 1. The first kappa shape index (κ1) is 22.3. The van der Waals surface area contributed by atoms with Crippen molar-refractivity contribution in [3.63, 3.8) is 0 Å². The minimum atomic E-state index is -0.736. The molecule has 1 unspecified atom stereocenters. The van der Waals surface area contributed by atoms with Crippen molar-refractivity contribution in [1.82, 2.24) is 0 Å². The summed E-state index contributed by atoms with van der Waals surface area (Å²) in [5.41, 5.74) is 3.70. The van der Waals surface area contributed by atoms with Gasteiger partial charge >= 0.3 is 0 Å². The number of aryl methyl sites for hydroxylation is 2. The standard InChI is InChI=1S/C28H27NO4/c1-17(2)33-23-14-13-21(16-19(23)4)26(30)24-25(20-10-6-5-7-11-20)29(28(32)27(24)31)22-12-8-9-18(3)15-22/h5-17,25,30H,1-4H3/b26-24-. The van der Waals surface area contributed by atoms with Gasteiger partial charge < -0.3 is 9.84 Å². The third kappa shape index (κ3) is 4.27. The maximum Gasteiger partial charge on any atom is 0.300 e. The smallest absolute Gasteiger partial charge is 0.300 e. The van der Waals surface area contributed by atoms with Crippen molar-refractivity contribution in [2.24, 2.45) is 0 Å². The van der Waals surface area contributed by atoms with Crippen LogP contribution in [0.3, 0.4) is 0 Å². The van der Waals surface area contributed by atoms with Gasteiger partial charge in [-0.15, -0.1) is 0 Å². The van der Waals surface area contributed by atoms with Crippen LogP contribution < -0.4 is 9.64 Å². The van der Waals surface area contributed by atoms with E-state index in [-0.39, 0.29) is 17.4 Å². The van der Waals surface area contributed by atoms with Crippen molar-refractivity contribution in [1.29, 1.82) is 0 Å². The number of carbonyl (C=O) groups is 2. The van der Waals surface area contributed by atoms with Crippen LogP contribution in [0, 0.1) is 13.8 Å². The summed E-state index contributed by atoms with van der Waals surface area (Å²) in [5.74, 6) is -0.853. The Hall–Kier alpha value is -3.86. The van der Waals surface area contributed by atoms with E-state index in [1.807, 2.05) is 76.2 Å². The molecular weight excluding hydrogens is 414 g/mol. The molecule has 33 heavy (non-hydrogen) atoms. The summed E-state index contributed by atoms with van der Waals surface area (Å²) >= 11 is 0. The first-order valence-corrected chi connectivity index (χ1v) is 11.0. The fourth-order valence-corrected chi connectivity index (χ4v) is 4.17. The lowest BCUT2D eigenvalue weighted by Crippen LogP contribution is -2.29. The number of amides is 1. The van der Waals surface area contributed by atoms with E-state index < -0.39 is 17.7 Å². The molecule has 168 valence electrons. The van der Waals surface area contributed by atoms with Crippen molar-refractivity contribution in [2.45, 2.75) is 39.8 Å². The highest BCUT2D eigenvalue weighted by Gasteiger charge is 2.46. The SMILES string of the molecule is Cc1cccc(N2C(=O)C(=O)/C(=C(\O)c3ccc(OC(C)C)c(C)c3)C2c2ccccc2)c1. The first-order valence-electron chi connectivity index (χ1n) is 11.0. The summed E-state index contributed by atoms with van der Waals surface area (Å²) in [6.07, 6.45) is 0.0147. The number of rotatable bonds is 5. The molecule has 3 aromatic carbocycles. The summed E-state index contributed by atoms with van der Waals surface area (Å²) < 4.78 is 5.79. The van der Waals surface area contributed by atoms with Gasteiger partial charge in [0.25, 0.3) is 11.7 Å². The Morgan fingerprint density at radius 1 is 0.939 bits per heavy atom. The largest absolute Gasteiger partial charge is 0.507 e. The highest BCUT2D eigenvalue weighted by Crippen LogP contribution is 2.42. The average molecular weight is 442 g/mol. The minimum absolute atomic E-state index is 0.0147. The highest BCUT2D eigenvalue weighted by atomic mass is 16.5. The third-order valence-corrected chi connectivity index (χ3v) is 5.65. The number of benzene rings is 3. The first-order chi connectivity index (χ1) is 15.8. The second-order valence-corrected chi connectivity index (χ2v) is 8.57. The zero-order valence-corrected chi connectivity index (χ0v) is 19.2. The fraction of sp³-hybridized carbons (Fsp3) is 0.214. The monoisotopic (exact) mass is 441 g/mol. The highest BCUT2D eigenvalue weighted by molar-refractivity contribution is 6.51. The van der Waals surface area contributed by atoms with Crippen LogP contribution >= 0.6 is 0 Å². The Kier molecular flexibility index (Phi) is 6.05. The molecule has 0 aliphatic carbocycles. The molecule has 0 radical (unpaired) electrons. The molecular formula is C28H27NO4. The minimum Gasteiger partial charge on any atom is -0.507 e. The number of ether oxygens (including phenoxy) is 1. The zero-order chi connectivity index (χ0) is 23.7. The van der Waals surface area contributed by atoms with E-state index >= 15 is 0 Å². The molecule has 0 aromatic heterocycles. The fourth-order valence-electron chi connectivity index (χ4n) is 4.17. The molecule has 1 aliphatic heterocycles. The maximum atomic E-state index is 13.2. The van der Waals surface area contributed by atoms with E-state index in [0.717, 1.165) is 16.7 Å². The second kappa shape index (κ2) is 8.94. The third-order valence-electron chi connectivity index (χ3n) is 5.65. The van der Waals surface area contributed by atoms with Gasteiger partial charge in [-0.1, -0.05) is 42.5 Å². The topological polar surface area (TPSA) is 66.8 Å². The Labute approximate surface area is 193 Å². The van der Waals surface area contributed by atoms with E-state index in [2.05, 4.69) is 0 Å². The van der Waals surface area contributed by atoms with Gasteiger partial charge in [-0.2, -0.15) is 0 Å². The molecule has 1 heterocycles. The van der Waals surface area contributed by atoms with E-state index in [4.69, 9.17) is 4.74 Å². The molecule has 1 fully saturated rings. The molecule has 1 atom stereocenters. The van der Waals surface area contributed by atoms with Crippen LogP contribution in [0.2, 0.25) is 0 Å². The van der Waals surface area contributed by atoms with Gasteiger partial charge in [-0.05, 0) is 74.7 Å². The van der Waals surface area contributed by atoms with Crippen LogP contribution in [-0.4, -0.2) is 22.9 Å². The molecule has 5 nitrogen and oxygen atoms in total. The molecule has 0 saturated carbocycles. The van der Waals surface area contributed by atoms with Gasteiger partial charge in [0.15, 0.2) is 0 Å². The molecule has 5 heteroatoms. The molecule has 1 saturated heterocycles. The number of hydrogen-bond donors (Lipinski definition) is 1. The number of aliphatic hydroxyl groups excluding tert-OH is 1. The molecule has 1 amide bonds. The maximum absolute atomic E-state index is 13.2. The van der Waals surface area contributed by atoms with E-state index in [1.165, 1.54) is 4.90 Å². The number of ketones is 1. The van der Waals surface area contributed by atoms with Gasteiger partial charge in [0.1, 0.15) is 11.5 Å².